The van der Waals surface area contributed by atoms with Crippen molar-refractivity contribution >= 4 is 45.3 Å². The maximum absolute atomic E-state index is 13.1. The molecule has 0 radical (unpaired) electrons. The first-order chi connectivity index (χ1) is 14.4. The van der Waals surface area contributed by atoms with E-state index >= 15 is 0 Å². The van der Waals surface area contributed by atoms with Crippen molar-refractivity contribution in [2.24, 2.45) is 11.0 Å². The molecule has 0 saturated carbocycles. The summed E-state index contributed by atoms with van der Waals surface area (Å²) < 4.78 is 0.894. The van der Waals surface area contributed by atoms with Gasteiger partial charge in [0.25, 0.3) is 5.91 Å². The zero-order chi connectivity index (χ0) is 21.7. The molecular weight excluding hydrogens is 446 g/mol. The number of rotatable bonds is 7. The van der Waals surface area contributed by atoms with Gasteiger partial charge in [-0.25, -0.2) is 9.80 Å². The minimum absolute atomic E-state index is 0.0556. The van der Waals surface area contributed by atoms with Gasteiger partial charge >= 0.3 is 5.97 Å². The second kappa shape index (κ2) is 9.51. The Morgan fingerprint density at radius 2 is 1.90 bits per heavy atom. The van der Waals surface area contributed by atoms with Crippen LogP contribution < -0.4 is 5.01 Å². The summed E-state index contributed by atoms with van der Waals surface area (Å²) in [5.74, 6) is -1.92. The Morgan fingerprint density at radius 1 is 1.23 bits per heavy atom. The van der Waals surface area contributed by atoms with Crippen LogP contribution in [0.1, 0.15) is 37.3 Å². The van der Waals surface area contributed by atoms with Gasteiger partial charge in [-0.3, -0.25) is 4.79 Å². The van der Waals surface area contributed by atoms with Crippen molar-refractivity contribution in [2.75, 3.05) is 5.01 Å². The number of nitrogens with zero attached hydrogens (tertiary/aromatic N) is 3. The molecule has 0 spiro atoms. The molecule has 0 saturated heterocycles. The lowest BCUT2D eigenvalue weighted by Gasteiger charge is -2.15. The third-order valence-electron chi connectivity index (χ3n) is 4.79. The molecule has 1 heterocycles. The first-order valence-electron chi connectivity index (χ1n) is 9.54. The third-order valence-corrected chi connectivity index (χ3v) is 5.32. The van der Waals surface area contributed by atoms with E-state index in [1.807, 2.05) is 25.1 Å². The molecule has 0 fully saturated rings. The molecule has 1 unspecified atom stereocenters. The summed E-state index contributed by atoms with van der Waals surface area (Å²) in [5.41, 5.74) is 2.62. The van der Waals surface area contributed by atoms with Crippen molar-refractivity contribution in [1.82, 2.24) is 0 Å². The Bertz CT molecular complexity index is 1050. The van der Waals surface area contributed by atoms with Crippen LogP contribution in [0.25, 0.3) is 6.08 Å². The average molecular weight is 466 g/mol. The van der Waals surface area contributed by atoms with E-state index in [1.54, 1.807) is 42.5 Å². The fourth-order valence-corrected chi connectivity index (χ4v) is 3.54. The predicted molar refractivity (Wildman–Crippen MR) is 119 cm³/mol. The fraction of sp³-hybridized carbons (Fsp3) is 0.217. The normalized spacial score (nSPS) is 16.4. The summed E-state index contributed by atoms with van der Waals surface area (Å²) in [6.45, 7) is 2.00. The average Bonchev–Trinajstić information content (AvgIpc) is 3.04. The van der Waals surface area contributed by atoms with E-state index in [-0.39, 0.29) is 17.9 Å². The van der Waals surface area contributed by atoms with Crippen LogP contribution in [0.4, 0.5) is 5.69 Å². The lowest BCUT2D eigenvalue weighted by atomic mass is 9.91. The lowest BCUT2D eigenvalue weighted by Crippen LogP contribution is -2.28. The van der Waals surface area contributed by atoms with Crippen molar-refractivity contribution in [1.29, 1.82) is 5.26 Å². The molecule has 1 amide bonds. The Kier molecular flexibility index (Phi) is 6.80. The highest BCUT2D eigenvalue weighted by atomic mass is 79.9. The molecule has 0 bridgehead atoms. The van der Waals surface area contributed by atoms with E-state index < -0.39 is 11.9 Å². The molecular formula is C23H20BrN3O3. The van der Waals surface area contributed by atoms with Crippen LogP contribution in [0, 0.1) is 17.2 Å². The van der Waals surface area contributed by atoms with Crippen molar-refractivity contribution in [3.05, 3.63) is 69.7 Å². The van der Waals surface area contributed by atoms with Crippen LogP contribution in [0.3, 0.4) is 0 Å². The van der Waals surface area contributed by atoms with E-state index in [0.29, 0.717) is 28.9 Å². The SMILES string of the molecule is CCCC1=NN(c2ccc(Br)cc2)C(=O)C1C/C(=C/c1ccc(C#N)cc1)C(=O)O. The third kappa shape index (κ3) is 4.84. The number of carboxylic acids is 1. The lowest BCUT2D eigenvalue weighted by molar-refractivity contribution is -0.132. The summed E-state index contributed by atoms with van der Waals surface area (Å²) in [6, 6.07) is 15.9. The van der Waals surface area contributed by atoms with E-state index in [2.05, 4.69) is 21.0 Å². The number of carbonyl (C=O) groups excluding carboxylic acids is 1. The van der Waals surface area contributed by atoms with Gasteiger partial charge in [0, 0.05) is 10.0 Å². The monoisotopic (exact) mass is 465 g/mol. The first-order valence-corrected chi connectivity index (χ1v) is 10.3. The largest absolute Gasteiger partial charge is 0.478 e. The van der Waals surface area contributed by atoms with Crippen LogP contribution >= 0.6 is 15.9 Å². The molecule has 2 aromatic rings. The number of aliphatic carboxylic acids is 1. The Hall–Kier alpha value is -3.24. The van der Waals surface area contributed by atoms with E-state index in [9.17, 15) is 14.7 Å². The number of amides is 1. The van der Waals surface area contributed by atoms with Crippen molar-refractivity contribution in [3.63, 3.8) is 0 Å². The quantitative estimate of drug-likeness (QED) is 0.582. The Balaban J connectivity index is 1.89. The highest BCUT2D eigenvalue weighted by molar-refractivity contribution is 9.10. The number of nitriles is 1. The zero-order valence-corrected chi connectivity index (χ0v) is 18.0. The number of anilines is 1. The molecule has 0 aliphatic carbocycles. The Labute approximate surface area is 183 Å². The van der Waals surface area contributed by atoms with Crippen LogP contribution in [0.5, 0.6) is 0 Å². The van der Waals surface area contributed by atoms with Crippen molar-refractivity contribution in [2.45, 2.75) is 26.2 Å². The van der Waals surface area contributed by atoms with E-state index in [1.165, 1.54) is 5.01 Å². The number of hydrogen-bond acceptors (Lipinski definition) is 4. The summed E-state index contributed by atoms with van der Waals surface area (Å²) in [4.78, 5) is 25.0. The highest BCUT2D eigenvalue weighted by Crippen LogP contribution is 2.30. The van der Waals surface area contributed by atoms with Crippen LogP contribution in [0.2, 0.25) is 0 Å². The number of carbonyl (C=O) groups is 2. The fourth-order valence-electron chi connectivity index (χ4n) is 3.27. The van der Waals surface area contributed by atoms with E-state index in [0.717, 1.165) is 10.9 Å². The van der Waals surface area contributed by atoms with Gasteiger partial charge in [-0.15, -0.1) is 0 Å². The summed E-state index contributed by atoms with van der Waals surface area (Å²) in [7, 11) is 0. The maximum Gasteiger partial charge on any atom is 0.331 e. The molecule has 0 aromatic heterocycles. The van der Waals surface area contributed by atoms with Gasteiger partial charge in [0.05, 0.1) is 28.9 Å². The van der Waals surface area contributed by atoms with Gasteiger partial charge in [-0.2, -0.15) is 10.4 Å². The van der Waals surface area contributed by atoms with E-state index in [4.69, 9.17) is 5.26 Å². The predicted octanol–water partition coefficient (Wildman–Crippen LogP) is 5.00. The van der Waals surface area contributed by atoms with Gasteiger partial charge in [-0.1, -0.05) is 41.4 Å². The van der Waals surface area contributed by atoms with Gasteiger partial charge in [-0.05, 0) is 60.9 Å². The van der Waals surface area contributed by atoms with Crippen LogP contribution in [-0.2, 0) is 9.59 Å². The highest BCUT2D eigenvalue weighted by Gasteiger charge is 2.37. The molecule has 1 atom stereocenters. The summed E-state index contributed by atoms with van der Waals surface area (Å²) in [6.07, 6.45) is 3.02. The molecule has 1 aliphatic heterocycles. The minimum atomic E-state index is -1.08. The molecule has 6 nitrogen and oxygen atoms in total. The Morgan fingerprint density at radius 3 is 2.47 bits per heavy atom. The smallest absolute Gasteiger partial charge is 0.331 e. The zero-order valence-electron chi connectivity index (χ0n) is 16.4. The molecule has 1 N–H and O–H groups in total. The summed E-state index contributed by atoms with van der Waals surface area (Å²) in [5, 5.41) is 24.5. The maximum atomic E-state index is 13.1. The number of hydrogen-bond donors (Lipinski definition) is 1. The molecule has 1 aliphatic rings. The van der Waals surface area contributed by atoms with Crippen LogP contribution in [-0.4, -0.2) is 22.7 Å². The molecule has 3 rings (SSSR count). The minimum Gasteiger partial charge on any atom is -0.478 e. The molecule has 30 heavy (non-hydrogen) atoms. The van der Waals surface area contributed by atoms with Gasteiger partial charge in [0.2, 0.25) is 0 Å². The summed E-state index contributed by atoms with van der Waals surface area (Å²) >= 11 is 3.38. The first kappa shape index (κ1) is 21.5. The molecule has 7 heteroatoms. The molecule has 2 aromatic carbocycles. The number of halogens is 1. The number of benzene rings is 2. The topological polar surface area (TPSA) is 93.8 Å². The van der Waals surface area contributed by atoms with Crippen molar-refractivity contribution in [3.8, 4) is 6.07 Å². The van der Waals surface area contributed by atoms with Gasteiger partial charge in [0.15, 0.2) is 0 Å². The number of hydrazone groups is 1. The van der Waals surface area contributed by atoms with Crippen molar-refractivity contribution < 1.29 is 14.7 Å². The van der Waals surface area contributed by atoms with Crippen LogP contribution in [0.15, 0.2) is 63.7 Å². The van der Waals surface area contributed by atoms with Gasteiger partial charge in [0.1, 0.15) is 0 Å². The number of carboxylic acid groups (broad SMARTS) is 1. The molecule has 152 valence electrons. The second-order valence-corrected chi connectivity index (χ2v) is 7.85. The van der Waals surface area contributed by atoms with Gasteiger partial charge < -0.3 is 5.11 Å². The second-order valence-electron chi connectivity index (χ2n) is 6.93. The standard InChI is InChI=1S/C23H20BrN3O3/c1-2-3-21-20(22(28)27(26-21)19-10-8-18(24)9-11-19)13-17(23(29)30)12-15-4-6-16(14-25)7-5-15/h4-12,20H,2-3,13H2,1H3,(H,29,30)/b17-12-.